The van der Waals surface area contributed by atoms with Crippen molar-refractivity contribution in [2.24, 2.45) is 0 Å². The molecule has 0 aliphatic carbocycles. The lowest BCUT2D eigenvalue weighted by Gasteiger charge is -2.33. The first-order valence-electron chi connectivity index (χ1n) is 7.10. The molecule has 0 unspecified atom stereocenters. The molecule has 1 aromatic heterocycles. The highest BCUT2D eigenvalue weighted by atomic mass is 35.5. The molecule has 136 valence electrons. The summed E-state index contributed by atoms with van der Waals surface area (Å²) in [7, 11) is 0. The van der Waals surface area contributed by atoms with Gasteiger partial charge in [-0.15, -0.1) is 0 Å². The summed E-state index contributed by atoms with van der Waals surface area (Å²) in [5.41, 5.74) is -6.60. The van der Waals surface area contributed by atoms with E-state index in [1.165, 1.54) is 4.57 Å². The predicted octanol–water partition coefficient (Wildman–Crippen LogP) is 3.91. The fraction of sp³-hybridized carbons (Fsp3) is 0.400. The van der Waals surface area contributed by atoms with Gasteiger partial charge in [0.2, 0.25) is 0 Å². The molecule has 0 atom stereocenters. The van der Waals surface area contributed by atoms with Gasteiger partial charge in [0, 0.05) is 23.6 Å². The Morgan fingerprint density at radius 3 is 2.20 bits per heavy atom. The Morgan fingerprint density at radius 1 is 1.04 bits per heavy atom. The van der Waals surface area contributed by atoms with Gasteiger partial charge in [-0.25, -0.2) is 0 Å². The van der Waals surface area contributed by atoms with E-state index in [9.17, 15) is 36.2 Å². The number of benzene rings is 1. The molecule has 3 rings (SSSR count). The number of hydrogen-bond donors (Lipinski definition) is 1. The molecule has 0 saturated carbocycles. The van der Waals surface area contributed by atoms with Crippen molar-refractivity contribution in [2.45, 2.75) is 37.3 Å². The van der Waals surface area contributed by atoms with E-state index >= 15 is 0 Å². The van der Waals surface area contributed by atoms with Gasteiger partial charge in [0.25, 0.3) is 11.2 Å². The van der Waals surface area contributed by atoms with Crippen LogP contribution in [0.2, 0.25) is 5.02 Å². The zero-order valence-electron chi connectivity index (χ0n) is 12.3. The molecule has 0 radical (unpaired) electrons. The van der Waals surface area contributed by atoms with E-state index in [2.05, 4.69) is 0 Å². The predicted molar refractivity (Wildman–Crippen MR) is 77.5 cm³/mol. The molecular weight excluding hydrogens is 376 g/mol. The summed E-state index contributed by atoms with van der Waals surface area (Å²) in [6, 6.07) is 2.13. The monoisotopic (exact) mass is 385 g/mol. The van der Waals surface area contributed by atoms with Crippen molar-refractivity contribution >= 4 is 22.5 Å². The molecule has 2 aromatic rings. The topological polar surface area (TPSA) is 42.2 Å². The molecule has 3 nitrogen and oxygen atoms in total. The average molecular weight is 386 g/mol. The summed E-state index contributed by atoms with van der Waals surface area (Å²) in [6.45, 7) is 0.279. The normalized spacial score (nSPS) is 15.7. The van der Waals surface area contributed by atoms with E-state index < -0.39 is 29.1 Å². The molecule has 0 spiro atoms. The molecule has 1 aromatic carbocycles. The summed E-state index contributed by atoms with van der Waals surface area (Å²) in [6.07, 6.45) is -11.4. The number of rotatable bonds is 1. The number of hydrogen-bond acceptors (Lipinski definition) is 2. The summed E-state index contributed by atoms with van der Waals surface area (Å²) >= 11 is 5.88. The minimum absolute atomic E-state index is 0.102. The number of aromatic nitrogens is 1. The van der Waals surface area contributed by atoms with Crippen LogP contribution in [-0.4, -0.2) is 22.0 Å². The van der Waals surface area contributed by atoms with Crippen LogP contribution in [0.15, 0.2) is 23.0 Å². The van der Waals surface area contributed by atoms with Gasteiger partial charge in [0.1, 0.15) is 0 Å². The Labute approximate surface area is 141 Å². The summed E-state index contributed by atoms with van der Waals surface area (Å²) < 4.78 is 80.0. The van der Waals surface area contributed by atoms with E-state index in [4.69, 9.17) is 11.6 Å². The Kier molecular flexibility index (Phi) is 3.88. The summed E-state index contributed by atoms with van der Waals surface area (Å²) in [5, 5.41) is 9.20. The zero-order chi connectivity index (χ0) is 18.8. The average Bonchev–Trinajstić information content (AvgIpc) is 2.48. The second kappa shape index (κ2) is 5.38. The third-order valence-electron chi connectivity index (χ3n) is 4.30. The number of halogens is 7. The number of aliphatic hydroxyl groups is 1. The van der Waals surface area contributed by atoms with Crippen molar-refractivity contribution in [3.63, 3.8) is 0 Å². The quantitative estimate of drug-likeness (QED) is 0.756. The smallest absolute Gasteiger partial charge is 0.369 e. The fourth-order valence-corrected chi connectivity index (χ4v) is 3.34. The van der Waals surface area contributed by atoms with Crippen LogP contribution in [0.4, 0.5) is 26.3 Å². The molecule has 10 heteroatoms. The van der Waals surface area contributed by atoms with Crippen LogP contribution in [0.3, 0.4) is 0 Å². The van der Waals surface area contributed by atoms with Gasteiger partial charge in [-0.05, 0) is 24.5 Å². The number of alkyl halides is 6. The van der Waals surface area contributed by atoms with E-state index in [1.807, 2.05) is 0 Å². The van der Waals surface area contributed by atoms with Crippen molar-refractivity contribution in [1.82, 2.24) is 4.57 Å². The van der Waals surface area contributed by atoms with Gasteiger partial charge in [0.05, 0.1) is 10.5 Å². The van der Waals surface area contributed by atoms with Crippen LogP contribution in [0.1, 0.15) is 17.5 Å². The van der Waals surface area contributed by atoms with Gasteiger partial charge >= 0.3 is 12.4 Å². The van der Waals surface area contributed by atoms with Crippen molar-refractivity contribution < 1.29 is 31.4 Å². The maximum atomic E-state index is 13.1. The van der Waals surface area contributed by atoms with Gasteiger partial charge in [-0.1, -0.05) is 17.7 Å². The number of nitrogens with zero attached hydrogens (tertiary/aromatic N) is 1. The summed E-state index contributed by atoms with van der Waals surface area (Å²) in [4.78, 5) is 11.9. The third-order valence-corrected chi connectivity index (χ3v) is 4.61. The van der Waals surface area contributed by atoms with Crippen LogP contribution in [0, 0.1) is 0 Å². The highest BCUT2D eigenvalue weighted by Crippen LogP contribution is 2.51. The molecule has 0 fully saturated rings. The maximum Gasteiger partial charge on any atom is 0.430 e. The first-order valence-corrected chi connectivity index (χ1v) is 7.48. The van der Waals surface area contributed by atoms with Gasteiger partial charge in [0.15, 0.2) is 0 Å². The zero-order valence-corrected chi connectivity index (χ0v) is 13.1. The lowest BCUT2D eigenvalue weighted by Crippen LogP contribution is -2.54. The van der Waals surface area contributed by atoms with Crippen molar-refractivity contribution in [1.29, 1.82) is 0 Å². The first kappa shape index (κ1) is 18.1. The highest BCUT2D eigenvalue weighted by Gasteiger charge is 2.71. The summed E-state index contributed by atoms with van der Waals surface area (Å²) in [5.74, 6) is 0. The third kappa shape index (κ3) is 2.52. The lowest BCUT2D eigenvalue weighted by molar-refractivity contribution is -0.376. The van der Waals surface area contributed by atoms with Crippen molar-refractivity contribution in [3.8, 4) is 0 Å². The minimum Gasteiger partial charge on any atom is -0.369 e. The Morgan fingerprint density at radius 2 is 1.64 bits per heavy atom. The van der Waals surface area contributed by atoms with Crippen LogP contribution in [-0.2, 0) is 18.6 Å². The molecule has 1 N–H and O–H groups in total. The van der Waals surface area contributed by atoms with Crippen molar-refractivity contribution in [3.05, 3.63) is 44.7 Å². The minimum atomic E-state index is -5.98. The van der Waals surface area contributed by atoms with E-state index in [0.717, 1.165) is 6.07 Å². The molecule has 0 saturated heterocycles. The van der Waals surface area contributed by atoms with Crippen LogP contribution in [0.25, 0.3) is 10.9 Å². The SMILES string of the molecule is O=c1cc(Cl)c2cc(C(O)(C(F)(F)F)C(F)(F)F)cc3c2n1CCC3. The van der Waals surface area contributed by atoms with Crippen molar-refractivity contribution in [2.75, 3.05) is 0 Å². The van der Waals surface area contributed by atoms with E-state index in [-0.39, 0.29) is 34.5 Å². The highest BCUT2D eigenvalue weighted by molar-refractivity contribution is 6.35. The molecule has 2 heterocycles. The van der Waals surface area contributed by atoms with Gasteiger partial charge in [-0.2, -0.15) is 26.3 Å². The Balaban J connectivity index is 2.42. The molecule has 1 aliphatic rings. The molecule has 1 aliphatic heterocycles. The second-order valence-electron chi connectivity index (χ2n) is 5.82. The van der Waals surface area contributed by atoms with E-state index in [0.29, 0.717) is 18.6 Å². The largest absolute Gasteiger partial charge is 0.430 e. The molecule has 0 amide bonds. The maximum absolute atomic E-state index is 13.1. The Bertz CT molecular complexity index is 901. The molecule has 25 heavy (non-hydrogen) atoms. The van der Waals surface area contributed by atoms with Crippen LogP contribution < -0.4 is 5.56 Å². The van der Waals surface area contributed by atoms with Gasteiger partial charge < -0.3 is 9.67 Å². The Hall–Kier alpha value is -1.74. The second-order valence-corrected chi connectivity index (χ2v) is 6.23. The van der Waals surface area contributed by atoms with Gasteiger partial charge in [-0.3, -0.25) is 4.79 Å². The van der Waals surface area contributed by atoms with Crippen LogP contribution >= 0.6 is 11.6 Å². The molecule has 0 bridgehead atoms. The molecular formula is C15H10ClF6NO2. The standard InChI is InChI=1S/C15H10ClF6NO2/c16-10-6-11(24)23-3-1-2-7-4-8(5-9(10)12(7)23)13(25,14(17,18)19)15(20,21)22/h4-6,25H,1-3H2. The number of aryl methyl sites for hydroxylation is 2. The first-order chi connectivity index (χ1) is 11.4. The van der Waals surface area contributed by atoms with E-state index in [1.54, 1.807) is 0 Å². The van der Waals surface area contributed by atoms with Crippen LogP contribution in [0.5, 0.6) is 0 Å². The fourth-order valence-electron chi connectivity index (χ4n) is 3.11. The lowest BCUT2D eigenvalue weighted by atomic mass is 9.87. The number of pyridine rings is 1.